The average Bonchev–Trinajstić information content (AvgIpc) is 2.51. The number of nitrogens with zero attached hydrogens (tertiary/aromatic N) is 1. The zero-order valence-corrected chi connectivity index (χ0v) is 13.5. The number of likely N-dealkylation sites (tertiary alicyclic amines) is 1. The lowest BCUT2D eigenvalue weighted by Crippen LogP contribution is -2.45. The van der Waals surface area contributed by atoms with Crippen molar-refractivity contribution in [3.05, 3.63) is 34.9 Å². The van der Waals surface area contributed by atoms with Crippen LogP contribution in [0, 0.1) is 19.8 Å². The quantitative estimate of drug-likeness (QED) is 0.844. The van der Waals surface area contributed by atoms with Gasteiger partial charge >= 0.3 is 5.97 Å². The number of carbonyl (C=O) groups is 3. The Labute approximate surface area is 135 Å². The number of esters is 1. The van der Waals surface area contributed by atoms with E-state index in [9.17, 15) is 14.4 Å². The maximum absolute atomic E-state index is 12.1. The van der Waals surface area contributed by atoms with Gasteiger partial charge in [0.25, 0.3) is 5.91 Å². The summed E-state index contributed by atoms with van der Waals surface area (Å²) < 4.78 is 5.10. The predicted octanol–water partition coefficient (Wildman–Crippen LogP) is 1.18. The molecule has 2 N–H and O–H groups in total. The normalized spacial score (nSPS) is 17.7. The van der Waals surface area contributed by atoms with Gasteiger partial charge in [-0.25, -0.2) is 4.79 Å². The molecule has 2 rings (SSSR count). The van der Waals surface area contributed by atoms with E-state index < -0.39 is 11.9 Å². The van der Waals surface area contributed by atoms with Crippen LogP contribution >= 0.6 is 0 Å². The number of hydrogen-bond donors (Lipinski definition) is 1. The van der Waals surface area contributed by atoms with Crippen LogP contribution in [-0.2, 0) is 14.3 Å². The van der Waals surface area contributed by atoms with E-state index in [4.69, 9.17) is 10.5 Å². The van der Waals surface area contributed by atoms with Gasteiger partial charge in [-0.05, 0) is 38.8 Å². The summed E-state index contributed by atoms with van der Waals surface area (Å²) >= 11 is 0. The van der Waals surface area contributed by atoms with E-state index in [-0.39, 0.29) is 18.4 Å². The SMILES string of the molecule is Cc1cc(C)cc(C(=O)OCC(=O)N2CCC[C@@H](C(N)=O)C2)c1. The third-order valence-corrected chi connectivity index (χ3v) is 3.96. The molecule has 1 aliphatic rings. The Hall–Kier alpha value is -2.37. The molecule has 1 atom stereocenters. The van der Waals surface area contributed by atoms with Gasteiger partial charge in [-0.3, -0.25) is 9.59 Å². The first-order valence-electron chi connectivity index (χ1n) is 7.69. The molecular formula is C17H22N2O4. The summed E-state index contributed by atoms with van der Waals surface area (Å²) in [5.74, 6) is -1.53. The number of nitrogens with two attached hydrogens (primary N) is 1. The minimum Gasteiger partial charge on any atom is -0.452 e. The number of amides is 2. The lowest BCUT2D eigenvalue weighted by molar-refractivity contribution is -0.137. The smallest absolute Gasteiger partial charge is 0.338 e. The van der Waals surface area contributed by atoms with Crippen molar-refractivity contribution in [3.8, 4) is 0 Å². The van der Waals surface area contributed by atoms with E-state index in [0.717, 1.165) is 17.5 Å². The lowest BCUT2D eigenvalue weighted by atomic mass is 9.97. The van der Waals surface area contributed by atoms with Gasteiger partial charge < -0.3 is 15.4 Å². The first kappa shape index (κ1) is 17.0. The molecule has 0 aliphatic carbocycles. The van der Waals surface area contributed by atoms with Crippen molar-refractivity contribution < 1.29 is 19.1 Å². The number of ether oxygens (including phenoxy) is 1. The second-order valence-corrected chi connectivity index (χ2v) is 6.03. The lowest BCUT2D eigenvalue weighted by Gasteiger charge is -2.31. The fourth-order valence-corrected chi connectivity index (χ4v) is 2.83. The molecule has 0 spiro atoms. The largest absolute Gasteiger partial charge is 0.452 e. The number of benzene rings is 1. The molecule has 1 saturated heterocycles. The second-order valence-electron chi connectivity index (χ2n) is 6.03. The van der Waals surface area contributed by atoms with Crippen LogP contribution in [0.2, 0.25) is 0 Å². The Bertz CT molecular complexity index is 607. The van der Waals surface area contributed by atoms with E-state index in [1.54, 1.807) is 12.1 Å². The fourth-order valence-electron chi connectivity index (χ4n) is 2.83. The highest BCUT2D eigenvalue weighted by atomic mass is 16.5. The summed E-state index contributed by atoms with van der Waals surface area (Å²) in [6, 6.07) is 5.41. The average molecular weight is 318 g/mol. The van der Waals surface area contributed by atoms with Crippen molar-refractivity contribution in [1.29, 1.82) is 0 Å². The number of rotatable bonds is 4. The van der Waals surface area contributed by atoms with E-state index in [1.807, 2.05) is 19.9 Å². The summed E-state index contributed by atoms with van der Waals surface area (Å²) in [7, 11) is 0. The molecule has 1 aliphatic heterocycles. The summed E-state index contributed by atoms with van der Waals surface area (Å²) in [5, 5.41) is 0. The first-order valence-corrected chi connectivity index (χ1v) is 7.69. The van der Waals surface area contributed by atoms with Gasteiger partial charge in [0, 0.05) is 13.1 Å². The van der Waals surface area contributed by atoms with Gasteiger partial charge in [0.2, 0.25) is 5.91 Å². The summed E-state index contributed by atoms with van der Waals surface area (Å²) in [4.78, 5) is 36.9. The van der Waals surface area contributed by atoms with E-state index in [1.165, 1.54) is 4.90 Å². The molecule has 6 heteroatoms. The minimum atomic E-state index is -0.520. The number of carbonyl (C=O) groups excluding carboxylic acids is 3. The molecule has 1 heterocycles. The van der Waals surface area contributed by atoms with Crippen molar-refractivity contribution >= 4 is 17.8 Å². The molecule has 6 nitrogen and oxygen atoms in total. The van der Waals surface area contributed by atoms with Crippen molar-refractivity contribution in [2.75, 3.05) is 19.7 Å². The van der Waals surface area contributed by atoms with Crippen molar-refractivity contribution in [2.45, 2.75) is 26.7 Å². The van der Waals surface area contributed by atoms with Gasteiger partial charge in [0.1, 0.15) is 0 Å². The standard InChI is InChI=1S/C17H22N2O4/c1-11-6-12(2)8-14(7-11)17(22)23-10-15(20)19-5-3-4-13(9-19)16(18)21/h6-8,13H,3-5,9-10H2,1-2H3,(H2,18,21)/t13-/m1/s1. The van der Waals surface area contributed by atoms with Crippen molar-refractivity contribution in [3.63, 3.8) is 0 Å². The van der Waals surface area contributed by atoms with Crippen molar-refractivity contribution in [1.82, 2.24) is 4.90 Å². The predicted molar refractivity (Wildman–Crippen MR) is 84.7 cm³/mol. The van der Waals surface area contributed by atoms with Crippen LogP contribution < -0.4 is 5.73 Å². The molecule has 124 valence electrons. The third kappa shape index (κ3) is 4.55. The summed E-state index contributed by atoms with van der Waals surface area (Å²) in [6.07, 6.45) is 1.42. The molecule has 1 aromatic carbocycles. The van der Waals surface area contributed by atoms with Gasteiger partial charge in [-0.15, -0.1) is 0 Å². The number of piperidine rings is 1. The van der Waals surface area contributed by atoms with Crippen molar-refractivity contribution in [2.24, 2.45) is 11.7 Å². The van der Waals surface area contributed by atoms with Crippen LogP contribution in [-0.4, -0.2) is 42.4 Å². The zero-order chi connectivity index (χ0) is 17.0. The molecule has 0 bridgehead atoms. The van der Waals surface area contributed by atoms with Gasteiger partial charge in [0.15, 0.2) is 6.61 Å². The highest BCUT2D eigenvalue weighted by molar-refractivity contribution is 5.91. The van der Waals surface area contributed by atoms with E-state index in [2.05, 4.69) is 0 Å². The molecule has 0 unspecified atom stereocenters. The first-order chi connectivity index (χ1) is 10.9. The van der Waals surface area contributed by atoms with Gasteiger partial charge in [-0.2, -0.15) is 0 Å². The van der Waals surface area contributed by atoms with E-state index >= 15 is 0 Å². The van der Waals surface area contributed by atoms with Crippen LogP contribution in [0.1, 0.15) is 34.3 Å². The number of hydrogen-bond acceptors (Lipinski definition) is 4. The highest BCUT2D eigenvalue weighted by Crippen LogP contribution is 2.16. The molecule has 1 fully saturated rings. The summed E-state index contributed by atoms with van der Waals surface area (Å²) in [6.45, 7) is 4.33. The molecule has 23 heavy (non-hydrogen) atoms. The molecular weight excluding hydrogens is 296 g/mol. The fraction of sp³-hybridized carbons (Fsp3) is 0.471. The van der Waals surface area contributed by atoms with Gasteiger partial charge in [-0.1, -0.05) is 17.2 Å². The maximum Gasteiger partial charge on any atom is 0.338 e. The highest BCUT2D eigenvalue weighted by Gasteiger charge is 2.27. The van der Waals surface area contributed by atoms with E-state index in [0.29, 0.717) is 25.1 Å². The summed E-state index contributed by atoms with van der Waals surface area (Å²) in [5.41, 5.74) is 7.65. The van der Waals surface area contributed by atoms with Gasteiger partial charge in [0.05, 0.1) is 11.5 Å². The molecule has 2 amide bonds. The second kappa shape index (κ2) is 7.26. The van der Waals surface area contributed by atoms with Crippen LogP contribution in [0.15, 0.2) is 18.2 Å². The maximum atomic E-state index is 12.1. The van der Waals surface area contributed by atoms with Crippen LogP contribution in [0.5, 0.6) is 0 Å². The third-order valence-electron chi connectivity index (χ3n) is 3.96. The Kier molecular flexibility index (Phi) is 5.36. The van der Waals surface area contributed by atoms with Crippen LogP contribution in [0.4, 0.5) is 0 Å². The Balaban J connectivity index is 1.90. The van der Waals surface area contributed by atoms with Crippen LogP contribution in [0.25, 0.3) is 0 Å². The Morgan fingerprint density at radius 1 is 1.22 bits per heavy atom. The topological polar surface area (TPSA) is 89.7 Å². The monoisotopic (exact) mass is 318 g/mol. The Morgan fingerprint density at radius 3 is 2.48 bits per heavy atom. The number of aryl methyl sites for hydroxylation is 2. The molecule has 1 aromatic rings. The zero-order valence-electron chi connectivity index (χ0n) is 13.5. The molecule has 0 aromatic heterocycles. The number of primary amides is 1. The molecule has 0 radical (unpaired) electrons. The Morgan fingerprint density at radius 2 is 1.87 bits per heavy atom. The van der Waals surface area contributed by atoms with Crippen LogP contribution in [0.3, 0.4) is 0 Å². The molecule has 0 saturated carbocycles. The minimum absolute atomic E-state index is 0.298.